The summed E-state index contributed by atoms with van der Waals surface area (Å²) >= 11 is 0. The van der Waals surface area contributed by atoms with Crippen LogP contribution in [-0.2, 0) is 9.59 Å². The lowest BCUT2D eigenvalue weighted by Crippen LogP contribution is -2.57. The maximum atomic E-state index is 13.0. The fraction of sp³-hybridized carbons (Fsp3) is 0.529. The molecule has 2 amide bonds. The van der Waals surface area contributed by atoms with Gasteiger partial charge in [0.05, 0.1) is 0 Å². The Morgan fingerprint density at radius 1 is 1.24 bits per heavy atom. The van der Waals surface area contributed by atoms with E-state index in [-0.39, 0.29) is 17.7 Å². The van der Waals surface area contributed by atoms with Gasteiger partial charge in [0.15, 0.2) is 0 Å². The second-order valence-corrected chi connectivity index (χ2v) is 6.52. The van der Waals surface area contributed by atoms with Crippen LogP contribution in [0.2, 0.25) is 0 Å². The van der Waals surface area contributed by atoms with Crippen LogP contribution in [0.15, 0.2) is 18.2 Å². The number of hydrogen-bond acceptors (Lipinski definition) is 2. The highest BCUT2D eigenvalue weighted by atomic mass is 16.2. The molecule has 2 fully saturated rings. The van der Waals surface area contributed by atoms with Crippen molar-refractivity contribution in [2.75, 3.05) is 11.4 Å². The van der Waals surface area contributed by atoms with E-state index in [1.807, 2.05) is 32.9 Å². The molecule has 1 aromatic carbocycles. The number of carbonyl (C=O) groups excluding carboxylic acids is 2. The van der Waals surface area contributed by atoms with Gasteiger partial charge in [-0.15, -0.1) is 0 Å². The Hall–Kier alpha value is -1.84. The zero-order valence-electron chi connectivity index (χ0n) is 12.9. The number of aryl methyl sites for hydroxylation is 2. The van der Waals surface area contributed by atoms with E-state index < -0.39 is 5.54 Å². The molecule has 0 aromatic heterocycles. The maximum absolute atomic E-state index is 13.0. The summed E-state index contributed by atoms with van der Waals surface area (Å²) in [6, 6.07) is 6.09. The van der Waals surface area contributed by atoms with Gasteiger partial charge >= 0.3 is 0 Å². The zero-order chi connectivity index (χ0) is 15.2. The minimum Gasteiger partial charge on any atom is -0.342 e. The Morgan fingerprint density at radius 2 is 1.95 bits per heavy atom. The smallest absolute Gasteiger partial charge is 0.252 e. The van der Waals surface area contributed by atoms with Crippen molar-refractivity contribution >= 4 is 17.5 Å². The molecule has 1 saturated heterocycles. The lowest BCUT2D eigenvalue weighted by Gasteiger charge is -2.33. The van der Waals surface area contributed by atoms with Gasteiger partial charge in [-0.1, -0.05) is 17.7 Å². The molecule has 2 aliphatic rings. The first-order chi connectivity index (χ1) is 9.91. The van der Waals surface area contributed by atoms with Crippen molar-refractivity contribution in [2.24, 2.45) is 5.92 Å². The first-order valence-corrected chi connectivity index (χ1v) is 7.62. The Labute approximate surface area is 125 Å². The van der Waals surface area contributed by atoms with Gasteiger partial charge in [-0.05, 0) is 51.2 Å². The van der Waals surface area contributed by atoms with E-state index in [4.69, 9.17) is 0 Å². The van der Waals surface area contributed by atoms with Gasteiger partial charge in [0.1, 0.15) is 5.54 Å². The third kappa shape index (κ3) is 2.43. The van der Waals surface area contributed by atoms with Crippen LogP contribution in [0.3, 0.4) is 0 Å². The monoisotopic (exact) mass is 286 g/mol. The zero-order valence-corrected chi connectivity index (χ0v) is 12.9. The minimum absolute atomic E-state index is 0.0231. The van der Waals surface area contributed by atoms with Crippen LogP contribution < -0.4 is 10.2 Å². The van der Waals surface area contributed by atoms with E-state index in [1.165, 1.54) is 5.56 Å². The van der Waals surface area contributed by atoms with Crippen molar-refractivity contribution in [3.05, 3.63) is 29.3 Å². The van der Waals surface area contributed by atoms with Crippen LogP contribution in [0.1, 0.15) is 37.3 Å². The van der Waals surface area contributed by atoms with E-state index in [9.17, 15) is 9.59 Å². The second kappa shape index (κ2) is 4.86. The molecule has 112 valence electrons. The van der Waals surface area contributed by atoms with Crippen molar-refractivity contribution in [1.82, 2.24) is 5.32 Å². The normalized spacial score (nSPS) is 26.5. The molecule has 21 heavy (non-hydrogen) atoms. The van der Waals surface area contributed by atoms with Crippen LogP contribution in [0, 0.1) is 19.8 Å². The summed E-state index contributed by atoms with van der Waals surface area (Å²) in [5.74, 6) is 0.285. The number of nitrogens with one attached hydrogen (secondary N) is 1. The molecule has 1 heterocycles. The average Bonchev–Trinajstić information content (AvgIpc) is 3.24. The number of nitrogens with zero attached hydrogens (tertiary/aromatic N) is 1. The summed E-state index contributed by atoms with van der Waals surface area (Å²) in [5, 5.41) is 2.97. The number of hydrogen-bond donors (Lipinski definition) is 1. The Morgan fingerprint density at radius 3 is 2.57 bits per heavy atom. The van der Waals surface area contributed by atoms with Crippen molar-refractivity contribution < 1.29 is 9.59 Å². The molecule has 0 bridgehead atoms. The Balaban J connectivity index is 2.00. The lowest BCUT2D eigenvalue weighted by molar-refractivity contribution is -0.130. The summed E-state index contributed by atoms with van der Waals surface area (Å²) in [7, 11) is 0. The van der Waals surface area contributed by atoms with E-state index >= 15 is 0 Å². The molecule has 4 heteroatoms. The fourth-order valence-corrected chi connectivity index (χ4v) is 3.28. The molecule has 1 aromatic rings. The predicted molar refractivity (Wildman–Crippen MR) is 82.2 cm³/mol. The predicted octanol–water partition coefficient (Wildman–Crippen LogP) is 2.33. The Kier molecular flexibility index (Phi) is 3.27. The summed E-state index contributed by atoms with van der Waals surface area (Å²) in [4.78, 5) is 26.8. The highest BCUT2D eigenvalue weighted by Gasteiger charge is 2.51. The molecule has 1 aliphatic heterocycles. The topological polar surface area (TPSA) is 49.4 Å². The second-order valence-electron chi connectivity index (χ2n) is 6.52. The standard InChI is InChI=1S/C17H22N2O2/c1-11-4-7-14(12(2)10-11)19-9-8-15(20)18-17(3,16(19)21)13-5-6-13/h4,7,10,13H,5-6,8-9H2,1-3H3,(H,18,20). The molecule has 1 atom stereocenters. The molecule has 1 saturated carbocycles. The summed E-state index contributed by atoms with van der Waals surface area (Å²) in [6.45, 7) is 6.40. The molecule has 1 N–H and O–H groups in total. The van der Waals surface area contributed by atoms with Gasteiger partial charge in [0, 0.05) is 18.7 Å². The van der Waals surface area contributed by atoms with E-state index in [2.05, 4.69) is 11.4 Å². The van der Waals surface area contributed by atoms with Crippen molar-refractivity contribution in [1.29, 1.82) is 0 Å². The quantitative estimate of drug-likeness (QED) is 0.907. The van der Waals surface area contributed by atoms with Gasteiger partial charge in [0.2, 0.25) is 5.91 Å². The molecule has 0 radical (unpaired) electrons. The Bertz CT molecular complexity index is 607. The van der Waals surface area contributed by atoms with Crippen molar-refractivity contribution in [3.8, 4) is 0 Å². The number of amides is 2. The van der Waals surface area contributed by atoms with Crippen molar-refractivity contribution in [2.45, 2.75) is 45.6 Å². The van der Waals surface area contributed by atoms with Crippen LogP contribution in [-0.4, -0.2) is 23.9 Å². The average molecular weight is 286 g/mol. The summed E-state index contributed by atoms with van der Waals surface area (Å²) < 4.78 is 0. The van der Waals surface area contributed by atoms with E-state index in [1.54, 1.807) is 4.90 Å². The van der Waals surface area contributed by atoms with Crippen LogP contribution in [0.25, 0.3) is 0 Å². The molecular weight excluding hydrogens is 264 g/mol. The molecule has 4 nitrogen and oxygen atoms in total. The number of anilines is 1. The lowest BCUT2D eigenvalue weighted by atomic mass is 9.93. The molecular formula is C17H22N2O2. The molecule has 3 rings (SSSR count). The molecule has 1 unspecified atom stereocenters. The van der Waals surface area contributed by atoms with Gasteiger partial charge in [-0.2, -0.15) is 0 Å². The van der Waals surface area contributed by atoms with Crippen LogP contribution >= 0.6 is 0 Å². The number of carbonyl (C=O) groups is 2. The third-order valence-corrected chi connectivity index (χ3v) is 4.69. The molecule has 1 aliphatic carbocycles. The highest BCUT2D eigenvalue weighted by Crippen LogP contribution is 2.42. The van der Waals surface area contributed by atoms with Gasteiger partial charge in [0.25, 0.3) is 5.91 Å². The SMILES string of the molecule is Cc1ccc(N2CCC(=O)NC(C)(C3CC3)C2=O)c(C)c1. The fourth-order valence-electron chi connectivity index (χ4n) is 3.28. The number of rotatable bonds is 2. The summed E-state index contributed by atoms with van der Waals surface area (Å²) in [6.07, 6.45) is 2.40. The van der Waals surface area contributed by atoms with E-state index in [0.717, 1.165) is 24.1 Å². The van der Waals surface area contributed by atoms with E-state index in [0.29, 0.717) is 13.0 Å². The van der Waals surface area contributed by atoms with Crippen LogP contribution in [0.5, 0.6) is 0 Å². The highest BCUT2D eigenvalue weighted by molar-refractivity contribution is 6.04. The third-order valence-electron chi connectivity index (χ3n) is 4.69. The first-order valence-electron chi connectivity index (χ1n) is 7.62. The van der Waals surface area contributed by atoms with Gasteiger partial charge < -0.3 is 10.2 Å². The van der Waals surface area contributed by atoms with Crippen LogP contribution in [0.4, 0.5) is 5.69 Å². The minimum atomic E-state index is -0.745. The first kappa shape index (κ1) is 14.1. The summed E-state index contributed by atoms with van der Waals surface area (Å²) in [5.41, 5.74) is 2.44. The maximum Gasteiger partial charge on any atom is 0.252 e. The van der Waals surface area contributed by atoms with Gasteiger partial charge in [-0.25, -0.2) is 0 Å². The van der Waals surface area contributed by atoms with Gasteiger partial charge in [-0.3, -0.25) is 9.59 Å². The van der Waals surface area contributed by atoms with Crippen molar-refractivity contribution in [3.63, 3.8) is 0 Å². The largest absolute Gasteiger partial charge is 0.342 e. The number of benzene rings is 1. The molecule has 0 spiro atoms.